The van der Waals surface area contributed by atoms with Crippen LogP contribution in [-0.4, -0.2) is 51.3 Å². The molecule has 1 saturated heterocycles. The molecule has 1 fully saturated rings. The van der Waals surface area contributed by atoms with Crippen LogP contribution in [0, 0.1) is 0 Å². The topological polar surface area (TPSA) is 156 Å². The second-order valence-electron chi connectivity index (χ2n) is 4.31. The number of rotatable bonds is 8. The minimum atomic E-state index is -1.00. The molecule has 0 bridgehead atoms. The maximum absolute atomic E-state index is 11.6. The Morgan fingerprint density at radius 2 is 2.43 bits per heavy atom. The van der Waals surface area contributed by atoms with Crippen LogP contribution < -0.4 is 16.4 Å². The predicted molar refractivity (Wildman–Crippen MR) is 83.8 cm³/mol. The van der Waals surface area contributed by atoms with Gasteiger partial charge in [-0.05, 0) is 0 Å². The van der Waals surface area contributed by atoms with Crippen molar-refractivity contribution in [2.24, 2.45) is 5.16 Å². The molecule has 0 saturated carbocycles. The Kier molecular flexibility index (Phi) is 5.76. The van der Waals surface area contributed by atoms with Gasteiger partial charge in [-0.3, -0.25) is 14.4 Å². The number of β-lactam (4-membered cyclic amide) rings is 1. The van der Waals surface area contributed by atoms with Gasteiger partial charge >= 0.3 is 5.97 Å². The number of thioether (sulfide) groups is 1. The number of nitrogens with two attached hydrogens (primary N) is 1. The van der Waals surface area contributed by atoms with Crippen LogP contribution in [0.25, 0.3) is 0 Å². The monoisotopic (exact) mass is 359 g/mol. The van der Waals surface area contributed by atoms with E-state index in [4.69, 9.17) is 15.7 Å². The third kappa shape index (κ3) is 5.10. The summed E-state index contributed by atoms with van der Waals surface area (Å²) < 4.78 is 0. The first-order chi connectivity index (χ1) is 11.0. The molecule has 2 heterocycles. The number of amides is 2. The summed E-state index contributed by atoms with van der Waals surface area (Å²) in [6.07, 6.45) is 0.889. The first kappa shape index (κ1) is 17.0. The highest BCUT2D eigenvalue weighted by molar-refractivity contribution is 8.00. The molecule has 0 aliphatic carbocycles. The standard InChI is InChI=1S/C11H13N5O5S2/c12-11-14-5(3-23-11)2-21-13-1-6(17)15-8-9(20)16-10(8)22-4-7(18)19/h1,3,8,10H,2,4H2,(H2,12,14)(H,15,17)(H,16,20)(H,18,19)/t8-,10-/m1/s1. The molecular formula is C11H13N5O5S2. The lowest BCUT2D eigenvalue weighted by Gasteiger charge is -2.35. The van der Waals surface area contributed by atoms with E-state index in [1.54, 1.807) is 5.38 Å². The molecule has 0 unspecified atom stereocenters. The van der Waals surface area contributed by atoms with Crippen LogP contribution in [0.15, 0.2) is 10.5 Å². The molecule has 1 aliphatic rings. The van der Waals surface area contributed by atoms with Crippen LogP contribution in [0.1, 0.15) is 5.69 Å². The van der Waals surface area contributed by atoms with E-state index in [1.807, 2.05) is 0 Å². The van der Waals surface area contributed by atoms with Gasteiger partial charge in [-0.2, -0.15) is 0 Å². The lowest BCUT2D eigenvalue weighted by molar-refractivity contribution is -0.134. The maximum Gasteiger partial charge on any atom is 0.313 e. The van der Waals surface area contributed by atoms with E-state index in [-0.39, 0.29) is 18.3 Å². The van der Waals surface area contributed by atoms with Gasteiger partial charge in [-0.15, -0.1) is 23.1 Å². The minimum absolute atomic E-state index is 0.0679. The number of carboxylic acid groups (broad SMARTS) is 1. The van der Waals surface area contributed by atoms with Gasteiger partial charge in [-0.25, -0.2) is 4.98 Å². The zero-order valence-electron chi connectivity index (χ0n) is 11.6. The lowest BCUT2D eigenvalue weighted by atomic mass is 10.1. The molecule has 2 amide bonds. The average molecular weight is 359 g/mol. The summed E-state index contributed by atoms with van der Waals surface area (Å²) in [4.78, 5) is 42.3. The van der Waals surface area contributed by atoms with Crippen molar-refractivity contribution >= 4 is 52.2 Å². The number of nitrogen functional groups attached to an aromatic ring is 1. The highest BCUT2D eigenvalue weighted by atomic mass is 32.2. The number of hydrogen-bond donors (Lipinski definition) is 4. The number of oxime groups is 1. The number of hydrogen-bond acceptors (Lipinski definition) is 9. The fourth-order valence-corrected chi connectivity index (χ4v) is 3.02. The molecule has 1 aliphatic heterocycles. The molecule has 0 aromatic carbocycles. The summed E-state index contributed by atoms with van der Waals surface area (Å²) in [7, 11) is 0. The summed E-state index contributed by atoms with van der Waals surface area (Å²) in [6, 6.07) is -0.795. The molecule has 124 valence electrons. The zero-order chi connectivity index (χ0) is 16.8. The second kappa shape index (κ2) is 7.78. The highest BCUT2D eigenvalue weighted by Gasteiger charge is 2.40. The third-order valence-electron chi connectivity index (χ3n) is 2.58. The minimum Gasteiger partial charge on any atom is -0.481 e. The first-order valence-electron chi connectivity index (χ1n) is 6.25. The van der Waals surface area contributed by atoms with Crippen molar-refractivity contribution in [1.82, 2.24) is 15.6 Å². The van der Waals surface area contributed by atoms with Gasteiger partial charge in [0.15, 0.2) is 11.7 Å². The van der Waals surface area contributed by atoms with Crippen molar-refractivity contribution in [3.63, 3.8) is 0 Å². The molecule has 23 heavy (non-hydrogen) atoms. The van der Waals surface area contributed by atoms with Crippen molar-refractivity contribution in [2.45, 2.75) is 18.0 Å². The molecule has 1 aromatic heterocycles. The first-order valence-corrected chi connectivity index (χ1v) is 8.18. The van der Waals surface area contributed by atoms with Crippen LogP contribution in [0.3, 0.4) is 0 Å². The van der Waals surface area contributed by atoms with Gasteiger partial charge in [-0.1, -0.05) is 5.16 Å². The highest BCUT2D eigenvalue weighted by Crippen LogP contribution is 2.19. The van der Waals surface area contributed by atoms with Crippen LogP contribution in [0.5, 0.6) is 0 Å². The van der Waals surface area contributed by atoms with E-state index in [0.29, 0.717) is 10.8 Å². The number of anilines is 1. The number of aromatic nitrogens is 1. The number of nitrogens with one attached hydrogen (secondary N) is 2. The zero-order valence-corrected chi connectivity index (χ0v) is 13.2. The largest absolute Gasteiger partial charge is 0.481 e. The van der Waals surface area contributed by atoms with E-state index in [9.17, 15) is 14.4 Å². The van der Waals surface area contributed by atoms with Crippen molar-refractivity contribution in [3.8, 4) is 0 Å². The Labute approximate surface area is 138 Å². The lowest BCUT2D eigenvalue weighted by Crippen LogP contribution is -2.68. The van der Waals surface area contributed by atoms with Gasteiger partial charge in [0, 0.05) is 5.38 Å². The van der Waals surface area contributed by atoms with Gasteiger partial charge < -0.3 is 26.3 Å². The Hall–Kier alpha value is -2.34. The summed E-state index contributed by atoms with van der Waals surface area (Å²) in [5.74, 6) is -2.18. The van der Waals surface area contributed by atoms with Gasteiger partial charge in [0.05, 0.1) is 11.4 Å². The smallest absolute Gasteiger partial charge is 0.313 e. The number of thiazole rings is 1. The van der Waals surface area contributed by atoms with Crippen molar-refractivity contribution in [1.29, 1.82) is 0 Å². The molecule has 1 aromatic rings. The Morgan fingerprint density at radius 1 is 1.65 bits per heavy atom. The fourth-order valence-electron chi connectivity index (χ4n) is 1.56. The summed E-state index contributed by atoms with van der Waals surface area (Å²) in [5.41, 5.74) is 6.04. The number of carbonyl (C=O) groups excluding carboxylic acids is 2. The molecule has 0 spiro atoms. The Bertz CT molecular complexity index is 634. The van der Waals surface area contributed by atoms with Gasteiger partial charge in [0.1, 0.15) is 17.6 Å². The molecule has 0 radical (unpaired) electrons. The molecule has 2 atom stereocenters. The van der Waals surface area contributed by atoms with E-state index in [1.165, 1.54) is 11.3 Å². The van der Waals surface area contributed by atoms with Crippen molar-refractivity contribution in [2.75, 3.05) is 11.5 Å². The van der Waals surface area contributed by atoms with Crippen LogP contribution >= 0.6 is 23.1 Å². The van der Waals surface area contributed by atoms with Crippen molar-refractivity contribution in [3.05, 3.63) is 11.1 Å². The van der Waals surface area contributed by atoms with E-state index in [0.717, 1.165) is 18.0 Å². The van der Waals surface area contributed by atoms with Crippen LogP contribution in [0.2, 0.25) is 0 Å². The molecule has 2 rings (SSSR count). The quantitative estimate of drug-likeness (QED) is 0.261. The van der Waals surface area contributed by atoms with E-state index >= 15 is 0 Å². The Balaban J connectivity index is 1.71. The molecule has 10 nitrogen and oxygen atoms in total. The molecule has 12 heteroatoms. The summed E-state index contributed by atoms with van der Waals surface area (Å²) >= 11 is 2.27. The van der Waals surface area contributed by atoms with Gasteiger partial charge in [0.2, 0.25) is 5.91 Å². The van der Waals surface area contributed by atoms with Crippen molar-refractivity contribution < 1.29 is 24.3 Å². The fraction of sp³-hybridized carbons (Fsp3) is 0.364. The van der Waals surface area contributed by atoms with E-state index < -0.39 is 23.3 Å². The summed E-state index contributed by atoms with van der Waals surface area (Å²) in [6.45, 7) is 0.0679. The predicted octanol–water partition coefficient (Wildman–Crippen LogP) is -1.01. The number of nitrogens with zero attached hydrogens (tertiary/aromatic N) is 2. The number of carbonyl (C=O) groups is 3. The SMILES string of the molecule is Nc1nc(CON=CC(=O)N[C@@H]2C(=O)N[C@@H]2SCC(=O)O)cs1. The second-order valence-corrected chi connectivity index (χ2v) is 6.32. The average Bonchev–Trinajstić information content (AvgIpc) is 2.90. The van der Waals surface area contributed by atoms with E-state index in [2.05, 4.69) is 20.8 Å². The van der Waals surface area contributed by atoms with Gasteiger partial charge in [0.25, 0.3) is 5.91 Å². The van der Waals surface area contributed by atoms with Crippen LogP contribution in [-0.2, 0) is 25.8 Å². The summed E-state index contributed by atoms with van der Waals surface area (Å²) in [5, 5.41) is 18.6. The molecular weight excluding hydrogens is 346 g/mol. The number of carboxylic acids is 1. The molecule has 5 N–H and O–H groups in total. The van der Waals surface area contributed by atoms with Crippen LogP contribution in [0.4, 0.5) is 5.13 Å². The number of aliphatic carboxylic acids is 1. The maximum atomic E-state index is 11.6. The Morgan fingerprint density at radius 3 is 3.04 bits per heavy atom. The normalized spacial score (nSPS) is 19.9. The third-order valence-corrected chi connectivity index (χ3v) is 4.47.